The van der Waals surface area contributed by atoms with Crippen molar-refractivity contribution in [1.82, 2.24) is 4.90 Å². The monoisotopic (exact) mass is 231 g/mol. The average molecular weight is 231 g/mol. The van der Waals surface area contributed by atoms with Crippen molar-refractivity contribution in [2.24, 2.45) is 5.92 Å². The van der Waals surface area contributed by atoms with Gasteiger partial charge in [0.25, 0.3) is 0 Å². The summed E-state index contributed by atoms with van der Waals surface area (Å²) in [6.07, 6.45) is 2.15. The fourth-order valence-electron chi connectivity index (χ4n) is 1.71. The quantitative estimate of drug-likeness (QED) is 0.716. The van der Waals surface area contributed by atoms with Crippen LogP contribution in [0.1, 0.15) is 20.3 Å². The first-order valence-electron chi connectivity index (χ1n) is 4.93. The van der Waals surface area contributed by atoms with Crippen LogP contribution >= 0.6 is 11.8 Å². The molecule has 0 spiro atoms. The molecule has 0 aromatic rings. The molecule has 4 nitrogen and oxygen atoms in total. The number of imide groups is 1. The second-order valence-electron chi connectivity index (χ2n) is 4.35. The van der Waals surface area contributed by atoms with Crippen LogP contribution in [0.2, 0.25) is 0 Å². The highest BCUT2D eigenvalue weighted by Gasteiger charge is 2.39. The number of hydrogen-bond donors (Lipinski definition) is 1. The average Bonchev–Trinajstić information content (AvgIpc) is 2.32. The second kappa shape index (κ2) is 4.53. The first-order valence-corrected chi connectivity index (χ1v) is 6.32. The zero-order valence-corrected chi connectivity index (χ0v) is 10.1. The van der Waals surface area contributed by atoms with E-state index in [2.05, 4.69) is 0 Å². The third-order valence-corrected chi connectivity index (χ3v) is 3.33. The Morgan fingerprint density at radius 1 is 1.60 bits per heavy atom. The van der Waals surface area contributed by atoms with Gasteiger partial charge in [0.1, 0.15) is 0 Å². The van der Waals surface area contributed by atoms with Crippen molar-refractivity contribution in [1.29, 1.82) is 0 Å². The van der Waals surface area contributed by atoms with Crippen LogP contribution in [0.4, 0.5) is 0 Å². The molecule has 2 unspecified atom stereocenters. The number of likely N-dealkylation sites (tertiary alicyclic amines) is 1. The van der Waals surface area contributed by atoms with Gasteiger partial charge in [0, 0.05) is 18.1 Å². The Bertz CT molecular complexity index is 278. The van der Waals surface area contributed by atoms with Gasteiger partial charge in [-0.25, -0.2) is 0 Å². The Kier molecular flexibility index (Phi) is 3.78. The van der Waals surface area contributed by atoms with Crippen molar-refractivity contribution in [3.05, 3.63) is 0 Å². The smallest absolute Gasteiger partial charge is 0.232 e. The van der Waals surface area contributed by atoms with Crippen molar-refractivity contribution in [2.75, 3.05) is 18.6 Å². The molecule has 1 aliphatic heterocycles. The molecule has 1 aliphatic rings. The summed E-state index contributed by atoms with van der Waals surface area (Å²) < 4.78 is 0. The molecular weight excluding hydrogens is 214 g/mol. The minimum absolute atomic E-state index is 0.107. The van der Waals surface area contributed by atoms with E-state index in [-0.39, 0.29) is 30.7 Å². The third kappa shape index (κ3) is 2.95. The number of amides is 2. The zero-order valence-electron chi connectivity index (χ0n) is 9.32. The van der Waals surface area contributed by atoms with E-state index in [9.17, 15) is 14.7 Å². The Morgan fingerprint density at radius 2 is 2.20 bits per heavy atom. The Hall–Kier alpha value is -0.550. The summed E-state index contributed by atoms with van der Waals surface area (Å²) in [5.74, 6) is -0.0591. The van der Waals surface area contributed by atoms with Crippen LogP contribution in [0.5, 0.6) is 0 Å². The van der Waals surface area contributed by atoms with Crippen molar-refractivity contribution < 1.29 is 14.7 Å². The normalized spacial score (nSPS) is 25.9. The molecule has 0 aromatic heterocycles. The largest absolute Gasteiger partial charge is 0.387 e. The summed E-state index contributed by atoms with van der Waals surface area (Å²) in [6, 6.07) is 0. The van der Waals surface area contributed by atoms with Crippen molar-refractivity contribution >= 4 is 23.6 Å². The summed E-state index contributed by atoms with van der Waals surface area (Å²) in [7, 11) is 0. The molecule has 5 heteroatoms. The van der Waals surface area contributed by atoms with Crippen molar-refractivity contribution in [3.8, 4) is 0 Å². The van der Waals surface area contributed by atoms with Gasteiger partial charge >= 0.3 is 0 Å². The number of aliphatic hydroxyl groups is 1. The SMILES string of the molecule is CSCC(C)(O)CN1C(=O)CC(C)C1=O. The van der Waals surface area contributed by atoms with Crippen molar-refractivity contribution in [3.63, 3.8) is 0 Å². The highest BCUT2D eigenvalue weighted by atomic mass is 32.2. The van der Waals surface area contributed by atoms with Gasteiger partial charge in [0.2, 0.25) is 11.8 Å². The number of β-amino-alcohol motifs (C(OH)–C–C–N with tert-alkyl or cyclic N) is 1. The summed E-state index contributed by atoms with van der Waals surface area (Å²) in [6.45, 7) is 3.49. The lowest BCUT2D eigenvalue weighted by Gasteiger charge is -2.27. The maximum atomic E-state index is 11.6. The Morgan fingerprint density at radius 3 is 2.60 bits per heavy atom. The number of hydrogen-bond acceptors (Lipinski definition) is 4. The molecule has 0 bridgehead atoms. The Balaban J connectivity index is 2.65. The highest BCUT2D eigenvalue weighted by molar-refractivity contribution is 7.98. The molecule has 1 rings (SSSR count). The minimum Gasteiger partial charge on any atom is -0.387 e. The summed E-state index contributed by atoms with van der Waals surface area (Å²) in [4.78, 5) is 24.2. The number of carbonyl (C=O) groups excluding carboxylic acids is 2. The predicted molar refractivity (Wildman–Crippen MR) is 59.5 cm³/mol. The zero-order chi connectivity index (χ0) is 11.6. The van der Waals surface area contributed by atoms with Gasteiger partial charge in [-0.15, -0.1) is 0 Å². The van der Waals surface area contributed by atoms with Crippen LogP contribution in [-0.2, 0) is 9.59 Å². The number of carbonyl (C=O) groups is 2. The van der Waals surface area contributed by atoms with E-state index in [4.69, 9.17) is 0 Å². The molecule has 0 radical (unpaired) electrons. The number of nitrogens with zero attached hydrogens (tertiary/aromatic N) is 1. The van der Waals surface area contributed by atoms with Gasteiger partial charge in [0.05, 0.1) is 12.1 Å². The molecule has 0 saturated carbocycles. The van der Waals surface area contributed by atoms with Crippen LogP contribution in [0.15, 0.2) is 0 Å². The van der Waals surface area contributed by atoms with Crippen LogP contribution in [0, 0.1) is 5.92 Å². The minimum atomic E-state index is -0.991. The Labute approximate surface area is 94.0 Å². The molecule has 1 saturated heterocycles. The molecule has 2 atom stereocenters. The maximum Gasteiger partial charge on any atom is 0.232 e. The molecule has 86 valence electrons. The van der Waals surface area contributed by atoms with E-state index >= 15 is 0 Å². The van der Waals surface area contributed by atoms with Crippen LogP contribution in [-0.4, -0.2) is 46.0 Å². The maximum absolute atomic E-state index is 11.6. The topological polar surface area (TPSA) is 57.6 Å². The lowest BCUT2D eigenvalue weighted by Crippen LogP contribution is -2.45. The van der Waals surface area contributed by atoms with Gasteiger partial charge in [-0.1, -0.05) is 6.92 Å². The highest BCUT2D eigenvalue weighted by Crippen LogP contribution is 2.22. The van der Waals surface area contributed by atoms with Crippen LogP contribution in [0.3, 0.4) is 0 Å². The molecule has 0 aliphatic carbocycles. The van der Waals surface area contributed by atoms with E-state index in [1.807, 2.05) is 6.26 Å². The van der Waals surface area contributed by atoms with Gasteiger partial charge < -0.3 is 5.11 Å². The molecule has 15 heavy (non-hydrogen) atoms. The molecule has 0 aromatic carbocycles. The summed E-state index contributed by atoms with van der Waals surface area (Å²) in [5.41, 5.74) is -0.991. The van der Waals surface area contributed by atoms with Gasteiger partial charge in [-0.2, -0.15) is 11.8 Å². The third-order valence-electron chi connectivity index (χ3n) is 2.42. The van der Waals surface area contributed by atoms with Crippen molar-refractivity contribution in [2.45, 2.75) is 25.9 Å². The van der Waals surface area contributed by atoms with Gasteiger partial charge in [-0.05, 0) is 13.2 Å². The molecular formula is C10H17NO3S. The fraction of sp³-hybridized carbons (Fsp3) is 0.800. The fourth-order valence-corrected chi connectivity index (χ4v) is 2.42. The predicted octanol–water partition coefficient (Wildman–Crippen LogP) is 0.495. The van der Waals surface area contributed by atoms with E-state index < -0.39 is 5.60 Å². The lowest BCUT2D eigenvalue weighted by atomic mass is 10.1. The van der Waals surface area contributed by atoms with Crippen LogP contribution < -0.4 is 0 Å². The lowest BCUT2D eigenvalue weighted by molar-refractivity contribution is -0.142. The molecule has 2 amide bonds. The van der Waals surface area contributed by atoms with E-state index in [0.717, 1.165) is 0 Å². The molecule has 1 heterocycles. The second-order valence-corrected chi connectivity index (χ2v) is 5.22. The molecule has 1 N–H and O–H groups in total. The van der Waals surface area contributed by atoms with Gasteiger partial charge in [0.15, 0.2) is 0 Å². The van der Waals surface area contributed by atoms with E-state index in [1.54, 1.807) is 13.8 Å². The number of rotatable bonds is 4. The van der Waals surface area contributed by atoms with Gasteiger partial charge in [-0.3, -0.25) is 14.5 Å². The first-order chi connectivity index (χ1) is 6.87. The summed E-state index contributed by atoms with van der Waals surface area (Å²) >= 11 is 1.50. The molecule has 1 fully saturated rings. The first kappa shape index (κ1) is 12.5. The summed E-state index contributed by atoms with van der Waals surface area (Å²) in [5, 5.41) is 9.93. The van der Waals surface area contributed by atoms with Crippen LogP contribution in [0.25, 0.3) is 0 Å². The number of thioether (sulfide) groups is 1. The standard InChI is InChI=1S/C10H17NO3S/c1-7-4-8(12)11(9(7)13)5-10(2,14)6-15-3/h7,14H,4-6H2,1-3H3. The van der Waals surface area contributed by atoms with E-state index in [0.29, 0.717) is 5.75 Å². The van der Waals surface area contributed by atoms with E-state index in [1.165, 1.54) is 16.7 Å².